The van der Waals surface area contributed by atoms with Gasteiger partial charge in [-0.15, -0.1) is 0 Å². The first-order valence-electron chi connectivity index (χ1n) is 4.73. The lowest BCUT2D eigenvalue weighted by Gasteiger charge is -2.15. The molecule has 2 atom stereocenters. The largest absolute Gasteiger partial charge is 0.432 e. The molecule has 1 fully saturated rings. The number of hydrogen-bond donors (Lipinski definition) is 0. The average Bonchev–Trinajstić information content (AvgIpc) is 2.95. The number of rotatable bonds is 6. The van der Waals surface area contributed by atoms with E-state index < -0.39 is 12.3 Å². The van der Waals surface area contributed by atoms with Gasteiger partial charge in [0.15, 0.2) is 0 Å². The Morgan fingerprint density at radius 2 is 2.36 bits per heavy atom. The third-order valence-electron chi connectivity index (χ3n) is 1.79. The Morgan fingerprint density at radius 1 is 1.71 bits per heavy atom. The molecule has 0 aromatic carbocycles. The summed E-state index contributed by atoms with van der Waals surface area (Å²) in [6, 6.07) is 0. The highest BCUT2D eigenvalue weighted by molar-refractivity contribution is 5.86. The van der Waals surface area contributed by atoms with E-state index in [4.69, 9.17) is 14.2 Å². The van der Waals surface area contributed by atoms with Crippen molar-refractivity contribution in [2.24, 2.45) is 0 Å². The van der Waals surface area contributed by atoms with Gasteiger partial charge in [0, 0.05) is 12.0 Å². The molecule has 0 aromatic heterocycles. The van der Waals surface area contributed by atoms with Gasteiger partial charge in [0.05, 0.1) is 13.2 Å². The van der Waals surface area contributed by atoms with Gasteiger partial charge in [0.2, 0.25) is 6.29 Å². The van der Waals surface area contributed by atoms with Crippen LogP contribution < -0.4 is 0 Å². The van der Waals surface area contributed by atoms with Gasteiger partial charge in [-0.25, -0.2) is 4.79 Å². The molecule has 0 aromatic rings. The average molecular weight is 200 g/mol. The second kappa shape index (κ2) is 5.12. The molecular formula is C10H16O4. The molecule has 0 aliphatic carbocycles. The third kappa shape index (κ3) is 3.89. The zero-order chi connectivity index (χ0) is 10.6. The Kier molecular flexibility index (Phi) is 4.10. The fourth-order valence-electron chi connectivity index (χ4n) is 0.834. The van der Waals surface area contributed by atoms with E-state index in [9.17, 15) is 4.79 Å². The van der Waals surface area contributed by atoms with Gasteiger partial charge in [0.25, 0.3) is 0 Å². The monoisotopic (exact) mass is 200 g/mol. The van der Waals surface area contributed by atoms with E-state index in [1.165, 1.54) is 0 Å². The van der Waals surface area contributed by atoms with E-state index in [0.29, 0.717) is 18.6 Å². The minimum absolute atomic E-state index is 0.188. The van der Waals surface area contributed by atoms with Crippen molar-refractivity contribution in [3.8, 4) is 0 Å². The Hall–Kier alpha value is -0.870. The molecule has 2 unspecified atom stereocenters. The SMILES string of the molecule is C=C(C)C(=O)OC(CC)OCC1CO1. The molecule has 1 aliphatic heterocycles. The normalized spacial score (nSPS) is 21.4. The summed E-state index contributed by atoms with van der Waals surface area (Å²) in [4.78, 5) is 11.1. The molecule has 0 N–H and O–H groups in total. The first-order chi connectivity index (χ1) is 6.63. The van der Waals surface area contributed by atoms with Crippen molar-refractivity contribution < 1.29 is 19.0 Å². The molecule has 1 saturated heterocycles. The molecule has 1 rings (SSSR count). The van der Waals surface area contributed by atoms with Crippen LogP contribution in [0, 0.1) is 0 Å². The topological polar surface area (TPSA) is 48.1 Å². The Bertz CT molecular complexity index is 220. The first kappa shape index (κ1) is 11.2. The van der Waals surface area contributed by atoms with E-state index in [-0.39, 0.29) is 6.10 Å². The molecule has 80 valence electrons. The molecule has 1 aliphatic rings. The van der Waals surface area contributed by atoms with Crippen molar-refractivity contribution >= 4 is 5.97 Å². The molecule has 0 radical (unpaired) electrons. The molecule has 14 heavy (non-hydrogen) atoms. The lowest BCUT2D eigenvalue weighted by atomic mass is 10.3. The molecule has 1 heterocycles. The summed E-state index contributed by atoms with van der Waals surface area (Å²) < 4.78 is 15.3. The number of ether oxygens (including phenoxy) is 3. The summed E-state index contributed by atoms with van der Waals surface area (Å²) in [7, 11) is 0. The number of epoxide rings is 1. The lowest BCUT2D eigenvalue weighted by molar-refractivity contribution is -0.175. The summed E-state index contributed by atoms with van der Waals surface area (Å²) in [5, 5.41) is 0. The van der Waals surface area contributed by atoms with E-state index in [1.54, 1.807) is 6.92 Å². The summed E-state index contributed by atoms with van der Waals surface area (Å²) in [5.74, 6) is -0.409. The van der Waals surface area contributed by atoms with Crippen molar-refractivity contribution in [1.82, 2.24) is 0 Å². The van der Waals surface area contributed by atoms with Crippen LogP contribution in [0.15, 0.2) is 12.2 Å². The van der Waals surface area contributed by atoms with Crippen LogP contribution >= 0.6 is 0 Å². The highest BCUT2D eigenvalue weighted by atomic mass is 16.7. The van der Waals surface area contributed by atoms with E-state index >= 15 is 0 Å². The van der Waals surface area contributed by atoms with Crippen LogP contribution in [0.5, 0.6) is 0 Å². The standard InChI is InChI=1S/C10H16O4/c1-4-9(13-6-8-5-12-8)14-10(11)7(2)3/h8-9H,2,4-6H2,1,3H3. The van der Waals surface area contributed by atoms with E-state index in [1.807, 2.05) is 6.92 Å². The minimum atomic E-state index is -0.483. The molecule has 0 saturated carbocycles. The van der Waals surface area contributed by atoms with Gasteiger partial charge in [-0.1, -0.05) is 13.5 Å². The molecule has 0 bridgehead atoms. The van der Waals surface area contributed by atoms with E-state index in [2.05, 4.69) is 6.58 Å². The quantitative estimate of drug-likeness (QED) is 0.280. The van der Waals surface area contributed by atoms with Crippen molar-refractivity contribution in [3.63, 3.8) is 0 Å². The smallest absolute Gasteiger partial charge is 0.335 e. The summed E-state index contributed by atoms with van der Waals surface area (Å²) in [6.07, 6.45) is 0.335. The fraction of sp³-hybridized carbons (Fsp3) is 0.700. The second-order valence-corrected chi connectivity index (χ2v) is 3.31. The second-order valence-electron chi connectivity index (χ2n) is 3.31. The zero-order valence-electron chi connectivity index (χ0n) is 8.62. The highest BCUT2D eigenvalue weighted by Crippen LogP contribution is 2.12. The van der Waals surface area contributed by atoms with Crippen molar-refractivity contribution in [1.29, 1.82) is 0 Å². The molecule has 0 amide bonds. The van der Waals surface area contributed by atoms with Gasteiger partial charge in [0.1, 0.15) is 6.10 Å². The van der Waals surface area contributed by atoms with Crippen LogP contribution in [0.2, 0.25) is 0 Å². The molecule has 0 spiro atoms. The van der Waals surface area contributed by atoms with Gasteiger partial charge >= 0.3 is 5.97 Å². The maximum atomic E-state index is 11.1. The van der Waals surface area contributed by atoms with E-state index in [0.717, 1.165) is 6.61 Å². The third-order valence-corrected chi connectivity index (χ3v) is 1.79. The number of hydrogen-bond acceptors (Lipinski definition) is 4. The van der Waals surface area contributed by atoms with Crippen LogP contribution in [0.25, 0.3) is 0 Å². The zero-order valence-corrected chi connectivity index (χ0v) is 8.62. The van der Waals surface area contributed by atoms with Crippen LogP contribution in [0.4, 0.5) is 0 Å². The molecule has 4 heteroatoms. The summed E-state index contributed by atoms with van der Waals surface area (Å²) in [5.41, 5.74) is 0.384. The highest BCUT2D eigenvalue weighted by Gasteiger charge is 2.24. The van der Waals surface area contributed by atoms with Crippen LogP contribution in [0.1, 0.15) is 20.3 Å². The van der Waals surface area contributed by atoms with Gasteiger partial charge in [-0.3, -0.25) is 0 Å². The van der Waals surface area contributed by atoms with Gasteiger partial charge in [-0.05, 0) is 6.92 Å². The Morgan fingerprint density at radius 3 is 2.79 bits per heavy atom. The van der Waals surface area contributed by atoms with Crippen molar-refractivity contribution in [3.05, 3.63) is 12.2 Å². The summed E-state index contributed by atoms with van der Waals surface area (Å²) in [6.45, 7) is 8.23. The summed E-state index contributed by atoms with van der Waals surface area (Å²) >= 11 is 0. The predicted octanol–water partition coefficient (Wildman–Crippen LogP) is 1.26. The van der Waals surface area contributed by atoms with Crippen molar-refractivity contribution in [2.45, 2.75) is 32.7 Å². The Labute approximate surface area is 83.8 Å². The molecule has 4 nitrogen and oxygen atoms in total. The maximum Gasteiger partial charge on any atom is 0.335 e. The lowest BCUT2D eigenvalue weighted by Crippen LogP contribution is -2.22. The predicted molar refractivity (Wildman–Crippen MR) is 50.7 cm³/mol. The number of carbonyl (C=O) groups is 1. The Balaban J connectivity index is 2.22. The van der Waals surface area contributed by atoms with Crippen LogP contribution in [-0.2, 0) is 19.0 Å². The van der Waals surface area contributed by atoms with Crippen molar-refractivity contribution in [2.75, 3.05) is 13.2 Å². The van der Waals surface area contributed by atoms with Gasteiger partial charge in [-0.2, -0.15) is 0 Å². The number of esters is 1. The minimum Gasteiger partial charge on any atom is -0.432 e. The van der Waals surface area contributed by atoms with Crippen LogP contribution in [-0.4, -0.2) is 31.6 Å². The van der Waals surface area contributed by atoms with Gasteiger partial charge < -0.3 is 14.2 Å². The number of carbonyl (C=O) groups excluding carboxylic acids is 1. The maximum absolute atomic E-state index is 11.1. The van der Waals surface area contributed by atoms with Crippen LogP contribution in [0.3, 0.4) is 0 Å². The fourth-order valence-corrected chi connectivity index (χ4v) is 0.834. The first-order valence-corrected chi connectivity index (χ1v) is 4.73. The molecular weight excluding hydrogens is 184 g/mol.